The fraction of sp³-hybridized carbons (Fsp3) is 0.583. The quantitative estimate of drug-likeness (QED) is 0.745. The van der Waals surface area contributed by atoms with E-state index in [1.54, 1.807) is 18.4 Å². The van der Waals surface area contributed by atoms with Crippen LogP contribution in [0.4, 0.5) is 0 Å². The molecule has 0 radical (unpaired) electrons. The molecule has 0 N–H and O–H groups in total. The Balaban J connectivity index is 2.31. The maximum Gasteiger partial charge on any atom is 0.136 e. The van der Waals surface area contributed by atoms with Gasteiger partial charge in [0.25, 0.3) is 0 Å². The summed E-state index contributed by atoms with van der Waals surface area (Å²) in [4.78, 5) is 11.6. The van der Waals surface area contributed by atoms with Crippen LogP contribution < -0.4 is 0 Å². The second-order valence-corrected chi connectivity index (χ2v) is 5.09. The predicted molar refractivity (Wildman–Crippen MR) is 63.4 cm³/mol. The molecule has 0 aliphatic heterocycles. The zero-order chi connectivity index (χ0) is 11.3. The van der Waals surface area contributed by atoms with Crippen LogP contribution in [0.2, 0.25) is 0 Å². The fourth-order valence-corrected chi connectivity index (χ4v) is 2.06. The van der Waals surface area contributed by atoms with Crippen molar-refractivity contribution >= 4 is 17.1 Å². The molecule has 0 bridgehead atoms. The van der Waals surface area contributed by atoms with Gasteiger partial charge in [0.1, 0.15) is 5.78 Å². The molecule has 0 amide bonds. The van der Waals surface area contributed by atoms with Crippen LogP contribution in [0.3, 0.4) is 0 Å². The summed E-state index contributed by atoms with van der Waals surface area (Å²) < 4.78 is 5.23. The van der Waals surface area contributed by atoms with Crippen molar-refractivity contribution in [3.63, 3.8) is 0 Å². The molecule has 0 fully saturated rings. The van der Waals surface area contributed by atoms with Gasteiger partial charge in [0.2, 0.25) is 0 Å². The molecule has 1 aromatic rings. The molecule has 84 valence electrons. The lowest BCUT2D eigenvalue weighted by Crippen LogP contribution is -2.26. The summed E-state index contributed by atoms with van der Waals surface area (Å²) in [5.74, 6) is 0.271. The monoisotopic (exact) mass is 226 g/mol. The molecule has 0 aliphatic rings. The highest BCUT2D eigenvalue weighted by Gasteiger charge is 2.20. The van der Waals surface area contributed by atoms with Crippen LogP contribution in [-0.2, 0) is 16.0 Å². The molecule has 2 nitrogen and oxygen atoms in total. The summed E-state index contributed by atoms with van der Waals surface area (Å²) in [6.07, 6.45) is 1.96. The van der Waals surface area contributed by atoms with E-state index in [2.05, 4.69) is 11.4 Å². The van der Waals surface area contributed by atoms with Crippen molar-refractivity contribution in [2.45, 2.75) is 38.7 Å². The normalized spacial score (nSPS) is 11.7. The van der Waals surface area contributed by atoms with Crippen molar-refractivity contribution in [3.05, 3.63) is 22.4 Å². The Bertz CT molecular complexity index is 301. The molecule has 0 saturated carbocycles. The maximum absolute atomic E-state index is 11.6. The Kier molecular flexibility index (Phi) is 4.48. The maximum atomic E-state index is 11.6. The van der Waals surface area contributed by atoms with Gasteiger partial charge >= 0.3 is 0 Å². The van der Waals surface area contributed by atoms with Gasteiger partial charge in [-0.15, -0.1) is 0 Å². The van der Waals surface area contributed by atoms with E-state index in [-0.39, 0.29) is 11.4 Å². The third-order valence-corrected chi connectivity index (χ3v) is 3.18. The lowest BCUT2D eigenvalue weighted by molar-refractivity contribution is -0.124. The average molecular weight is 226 g/mol. The molecule has 0 aliphatic carbocycles. The minimum Gasteiger partial charge on any atom is -0.378 e. The van der Waals surface area contributed by atoms with Crippen LogP contribution in [0.5, 0.6) is 0 Å². The number of ether oxygens (including phenoxy) is 1. The molecule has 0 unspecified atom stereocenters. The summed E-state index contributed by atoms with van der Waals surface area (Å²) in [6, 6.07) is 2.07. The fourth-order valence-electron chi connectivity index (χ4n) is 1.35. The topological polar surface area (TPSA) is 26.3 Å². The van der Waals surface area contributed by atoms with E-state index in [9.17, 15) is 4.79 Å². The first-order chi connectivity index (χ1) is 7.03. The van der Waals surface area contributed by atoms with E-state index in [1.165, 1.54) is 5.56 Å². The highest BCUT2D eigenvalue weighted by atomic mass is 32.1. The van der Waals surface area contributed by atoms with Crippen molar-refractivity contribution in [2.75, 3.05) is 7.11 Å². The van der Waals surface area contributed by atoms with Gasteiger partial charge < -0.3 is 4.74 Å². The summed E-state index contributed by atoms with van der Waals surface area (Å²) in [6.45, 7) is 3.88. The van der Waals surface area contributed by atoms with Crippen molar-refractivity contribution < 1.29 is 9.53 Å². The molecular formula is C12H18O2S. The Hall–Kier alpha value is -0.670. The van der Waals surface area contributed by atoms with Crippen molar-refractivity contribution in [1.29, 1.82) is 0 Å². The highest BCUT2D eigenvalue weighted by molar-refractivity contribution is 7.07. The van der Waals surface area contributed by atoms with Gasteiger partial charge in [-0.2, -0.15) is 11.3 Å². The minimum absolute atomic E-state index is 0.271. The van der Waals surface area contributed by atoms with Crippen molar-refractivity contribution in [1.82, 2.24) is 0 Å². The number of thiophene rings is 1. The predicted octanol–water partition coefficient (Wildman–Crippen LogP) is 3.06. The lowest BCUT2D eigenvalue weighted by Gasteiger charge is -2.21. The highest BCUT2D eigenvalue weighted by Crippen LogP contribution is 2.16. The van der Waals surface area contributed by atoms with Crippen LogP contribution in [0.15, 0.2) is 16.8 Å². The van der Waals surface area contributed by atoms with E-state index in [0.717, 1.165) is 6.42 Å². The van der Waals surface area contributed by atoms with E-state index >= 15 is 0 Å². The zero-order valence-electron chi connectivity index (χ0n) is 9.58. The molecular weight excluding hydrogens is 208 g/mol. The van der Waals surface area contributed by atoms with Crippen molar-refractivity contribution in [2.24, 2.45) is 0 Å². The number of ketones is 1. The summed E-state index contributed by atoms with van der Waals surface area (Å²) in [5.41, 5.74) is 0.926. The number of aryl methyl sites for hydroxylation is 1. The lowest BCUT2D eigenvalue weighted by atomic mass is 9.98. The molecule has 0 atom stereocenters. The number of hydrogen-bond donors (Lipinski definition) is 0. The van der Waals surface area contributed by atoms with E-state index in [4.69, 9.17) is 4.74 Å². The van der Waals surface area contributed by atoms with Crippen LogP contribution in [0.25, 0.3) is 0 Å². The minimum atomic E-state index is -0.328. The second kappa shape index (κ2) is 5.42. The van der Waals surface area contributed by atoms with Gasteiger partial charge in [0.15, 0.2) is 0 Å². The Morgan fingerprint density at radius 3 is 2.80 bits per heavy atom. The molecule has 15 heavy (non-hydrogen) atoms. The van der Waals surface area contributed by atoms with E-state index in [0.29, 0.717) is 12.8 Å². The molecule has 0 saturated heterocycles. The number of hydrogen-bond acceptors (Lipinski definition) is 3. The standard InChI is InChI=1S/C12H18O2S/c1-12(2,14-3)8-11(13)5-4-10-6-7-15-9-10/h6-7,9H,4-5,8H2,1-3H3. The average Bonchev–Trinajstić information content (AvgIpc) is 2.66. The SMILES string of the molecule is COC(C)(C)CC(=O)CCc1ccsc1. The molecule has 1 rings (SSSR count). The number of Topliss-reactive ketones (excluding diaryl/α,β-unsaturated/α-hetero) is 1. The van der Waals surface area contributed by atoms with E-state index in [1.807, 2.05) is 19.2 Å². The van der Waals surface area contributed by atoms with Crippen LogP contribution in [-0.4, -0.2) is 18.5 Å². The van der Waals surface area contributed by atoms with Crippen LogP contribution in [0, 0.1) is 0 Å². The summed E-state index contributed by atoms with van der Waals surface area (Å²) >= 11 is 1.67. The Morgan fingerprint density at radius 1 is 1.53 bits per heavy atom. The molecule has 0 aromatic carbocycles. The smallest absolute Gasteiger partial charge is 0.136 e. The van der Waals surface area contributed by atoms with Gasteiger partial charge in [0.05, 0.1) is 5.60 Å². The number of methoxy groups -OCH3 is 1. The number of rotatable bonds is 6. The molecule has 0 spiro atoms. The molecule has 1 aromatic heterocycles. The zero-order valence-corrected chi connectivity index (χ0v) is 10.4. The molecule has 1 heterocycles. The first kappa shape index (κ1) is 12.4. The summed E-state index contributed by atoms with van der Waals surface area (Å²) in [5, 5.41) is 4.13. The third kappa shape index (κ3) is 4.58. The second-order valence-electron chi connectivity index (χ2n) is 4.31. The largest absolute Gasteiger partial charge is 0.378 e. The van der Waals surface area contributed by atoms with Crippen molar-refractivity contribution in [3.8, 4) is 0 Å². The van der Waals surface area contributed by atoms with E-state index < -0.39 is 0 Å². The van der Waals surface area contributed by atoms with Gasteiger partial charge in [-0.3, -0.25) is 4.79 Å². The Morgan fingerprint density at radius 2 is 2.27 bits per heavy atom. The number of carbonyl (C=O) groups is 1. The first-order valence-corrected chi connectivity index (χ1v) is 6.06. The van der Waals surface area contributed by atoms with Gasteiger partial charge in [-0.05, 0) is 42.7 Å². The summed E-state index contributed by atoms with van der Waals surface area (Å²) in [7, 11) is 1.64. The third-order valence-electron chi connectivity index (χ3n) is 2.45. The van der Waals surface area contributed by atoms with Gasteiger partial charge in [0, 0.05) is 20.0 Å². The Labute approximate surface area is 95.3 Å². The van der Waals surface area contributed by atoms with Gasteiger partial charge in [-0.25, -0.2) is 0 Å². The first-order valence-electron chi connectivity index (χ1n) is 5.11. The molecule has 3 heteroatoms. The van der Waals surface area contributed by atoms with Crippen LogP contribution in [0.1, 0.15) is 32.3 Å². The van der Waals surface area contributed by atoms with Gasteiger partial charge in [-0.1, -0.05) is 0 Å². The van der Waals surface area contributed by atoms with Crippen LogP contribution >= 0.6 is 11.3 Å². The number of carbonyl (C=O) groups excluding carboxylic acids is 1.